The predicted molar refractivity (Wildman–Crippen MR) is 77.6 cm³/mol. The van der Waals surface area contributed by atoms with Crippen molar-refractivity contribution in [2.45, 2.75) is 38.5 Å². The molecule has 6 heteroatoms. The van der Waals surface area contributed by atoms with E-state index >= 15 is 0 Å². The van der Waals surface area contributed by atoms with Crippen LogP contribution >= 0.6 is 11.8 Å². The lowest BCUT2D eigenvalue weighted by Crippen LogP contribution is -2.44. The number of carbonyl (C=O) groups excluding carboxylic acids is 1. The molecule has 19 heavy (non-hydrogen) atoms. The van der Waals surface area contributed by atoms with E-state index in [1.807, 2.05) is 6.26 Å². The summed E-state index contributed by atoms with van der Waals surface area (Å²) >= 11 is 1.68. The first-order chi connectivity index (χ1) is 9.08. The molecule has 1 aliphatic carbocycles. The molecule has 1 fully saturated rings. The lowest BCUT2D eigenvalue weighted by Gasteiger charge is -2.36. The molecule has 3 N–H and O–H groups in total. The Kier molecular flexibility index (Phi) is 7.05. The Balaban J connectivity index is 2.40. The maximum Gasteiger partial charge on any atom is 0.314 e. The Labute approximate surface area is 118 Å². The van der Waals surface area contributed by atoms with E-state index in [2.05, 4.69) is 10.6 Å². The lowest BCUT2D eigenvalue weighted by atomic mass is 9.72. The number of carboxylic acid groups (broad SMARTS) is 1. The van der Waals surface area contributed by atoms with Crippen LogP contribution in [0.25, 0.3) is 0 Å². The third kappa shape index (κ3) is 6.18. The van der Waals surface area contributed by atoms with Crippen LogP contribution in [0.15, 0.2) is 0 Å². The van der Waals surface area contributed by atoms with Gasteiger partial charge in [-0.25, -0.2) is 4.79 Å². The Hall–Kier alpha value is -0.910. The molecule has 0 aromatic heterocycles. The van der Waals surface area contributed by atoms with Crippen LogP contribution in [0.2, 0.25) is 0 Å². The highest BCUT2D eigenvalue weighted by Crippen LogP contribution is 2.38. The van der Waals surface area contributed by atoms with E-state index in [-0.39, 0.29) is 17.9 Å². The first-order valence-corrected chi connectivity index (χ1v) is 8.20. The summed E-state index contributed by atoms with van der Waals surface area (Å²) in [6.07, 6.45) is 7.21. The van der Waals surface area contributed by atoms with Crippen LogP contribution < -0.4 is 10.6 Å². The number of rotatable bonds is 7. The molecule has 0 atom stereocenters. The SMILES string of the molecule is CSCCNC(=O)NCC1(CC(=O)O)CCCCC1. The second kappa shape index (κ2) is 8.30. The van der Waals surface area contributed by atoms with E-state index in [0.29, 0.717) is 13.1 Å². The molecule has 5 nitrogen and oxygen atoms in total. The molecule has 0 unspecified atom stereocenters. The first-order valence-electron chi connectivity index (χ1n) is 6.80. The van der Waals surface area contributed by atoms with E-state index in [9.17, 15) is 9.59 Å². The predicted octanol–water partition coefficient (Wildman–Crippen LogP) is 2.07. The normalized spacial score (nSPS) is 17.7. The van der Waals surface area contributed by atoms with E-state index in [1.54, 1.807) is 11.8 Å². The Morgan fingerprint density at radius 2 is 1.89 bits per heavy atom. The molecule has 0 heterocycles. The van der Waals surface area contributed by atoms with Gasteiger partial charge in [-0.2, -0.15) is 11.8 Å². The summed E-state index contributed by atoms with van der Waals surface area (Å²) < 4.78 is 0. The maximum absolute atomic E-state index is 11.6. The molecule has 1 rings (SSSR count). The minimum Gasteiger partial charge on any atom is -0.481 e. The van der Waals surface area contributed by atoms with Gasteiger partial charge in [0.25, 0.3) is 0 Å². The van der Waals surface area contributed by atoms with Gasteiger partial charge >= 0.3 is 12.0 Å². The van der Waals surface area contributed by atoms with Crippen LogP contribution in [-0.2, 0) is 4.79 Å². The lowest BCUT2D eigenvalue weighted by molar-refractivity contribution is -0.140. The van der Waals surface area contributed by atoms with E-state index < -0.39 is 5.97 Å². The molecule has 1 aliphatic rings. The van der Waals surface area contributed by atoms with E-state index in [4.69, 9.17) is 5.11 Å². The number of aliphatic carboxylic acids is 1. The number of carbonyl (C=O) groups is 2. The van der Waals surface area contributed by atoms with Crippen molar-refractivity contribution in [3.05, 3.63) is 0 Å². The van der Waals surface area contributed by atoms with Crippen molar-refractivity contribution in [1.29, 1.82) is 0 Å². The standard InChI is InChI=1S/C13H24N2O3S/c1-19-8-7-14-12(18)15-10-13(9-11(16)17)5-3-2-4-6-13/h2-10H2,1H3,(H,16,17)(H2,14,15,18). The zero-order valence-electron chi connectivity index (χ0n) is 11.5. The van der Waals surface area contributed by atoms with Crippen LogP contribution in [0.3, 0.4) is 0 Å². The highest BCUT2D eigenvalue weighted by atomic mass is 32.2. The Bertz CT molecular complexity index is 304. The van der Waals surface area contributed by atoms with Crippen molar-refractivity contribution < 1.29 is 14.7 Å². The third-order valence-corrected chi connectivity index (χ3v) is 4.27. The van der Waals surface area contributed by atoms with E-state index in [0.717, 1.165) is 31.4 Å². The summed E-state index contributed by atoms with van der Waals surface area (Å²) in [6, 6.07) is -0.190. The van der Waals surface area contributed by atoms with Crippen molar-refractivity contribution >= 4 is 23.8 Å². The number of urea groups is 1. The van der Waals surface area contributed by atoms with Gasteiger partial charge in [-0.15, -0.1) is 0 Å². The van der Waals surface area contributed by atoms with Gasteiger partial charge in [0.1, 0.15) is 0 Å². The van der Waals surface area contributed by atoms with Crippen LogP contribution in [0.1, 0.15) is 38.5 Å². The van der Waals surface area contributed by atoms with Crippen LogP contribution in [0, 0.1) is 5.41 Å². The number of nitrogens with one attached hydrogen (secondary N) is 2. The number of thioether (sulfide) groups is 1. The van der Waals surface area contributed by atoms with Crippen molar-refractivity contribution in [3.8, 4) is 0 Å². The Morgan fingerprint density at radius 3 is 2.47 bits per heavy atom. The van der Waals surface area contributed by atoms with Crippen molar-refractivity contribution in [3.63, 3.8) is 0 Å². The summed E-state index contributed by atoms with van der Waals surface area (Å²) in [5.41, 5.74) is -0.249. The summed E-state index contributed by atoms with van der Waals surface area (Å²) in [5, 5.41) is 14.6. The largest absolute Gasteiger partial charge is 0.481 e. The maximum atomic E-state index is 11.6. The molecule has 1 saturated carbocycles. The third-order valence-electron chi connectivity index (χ3n) is 3.66. The average Bonchev–Trinajstić information content (AvgIpc) is 2.37. The quantitative estimate of drug-likeness (QED) is 0.627. The summed E-state index contributed by atoms with van der Waals surface area (Å²) in [7, 11) is 0. The van der Waals surface area contributed by atoms with E-state index in [1.165, 1.54) is 6.42 Å². The molecule has 0 bridgehead atoms. The highest BCUT2D eigenvalue weighted by Gasteiger charge is 2.34. The van der Waals surface area contributed by atoms with Crippen molar-refractivity contribution in [2.24, 2.45) is 5.41 Å². The van der Waals surface area contributed by atoms with Crippen molar-refractivity contribution in [1.82, 2.24) is 10.6 Å². The fraction of sp³-hybridized carbons (Fsp3) is 0.846. The van der Waals surface area contributed by atoms with Gasteiger partial charge in [-0.05, 0) is 24.5 Å². The molecule has 0 aromatic carbocycles. The summed E-state index contributed by atoms with van der Waals surface area (Å²) in [6.45, 7) is 1.10. The minimum absolute atomic E-state index is 0.151. The van der Waals surface area contributed by atoms with Gasteiger partial charge in [0.05, 0.1) is 6.42 Å². The van der Waals surface area contributed by atoms with Crippen molar-refractivity contribution in [2.75, 3.05) is 25.1 Å². The second-order valence-corrected chi connectivity index (χ2v) is 6.22. The fourth-order valence-corrected chi connectivity index (χ4v) is 2.94. The molecule has 2 amide bonds. The fourth-order valence-electron chi connectivity index (χ4n) is 2.64. The molecule has 0 aromatic rings. The van der Waals surface area contributed by atoms with Gasteiger partial charge in [0.15, 0.2) is 0 Å². The zero-order valence-corrected chi connectivity index (χ0v) is 12.4. The molecule has 110 valence electrons. The van der Waals surface area contributed by atoms with Crippen LogP contribution in [0.4, 0.5) is 4.79 Å². The van der Waals surface area contributed by atoms with Crippen LogP contribution in [-0.4, -0.2) is 42.2 Å². The number of hydrogen-bond acceptors (Lipinski definition) is 3. The van der Waals surface area contributed by atoms with Gasteiger partial charge in [-0.3, -0.25) is 4.79 Å². The average molecular weight is 288 g/mol. The second-order valence-electron chi connectivity index (χ2n) is 5.23. The van der Waals surface area contributed by atoms with Gasteiger partial charge in [0, 0.05) is 18.8 Å². The number of hydrogen-bond donors (Lipinski definition) is 3. The van der Waals surface area contributed by atoms with Gasteiger partial charge in [0.2, 0.25) is 0 Å². The molecular weight excluding hydrogens is 264 g/mol. The number of amides is 2. The van der Waals surface area contributed by atoms with Gasteiger partial charge < -0.3 is 15.7 Å². The number of carboxylic acids is 1. The summed E-state index contributed by atoms with van der Waals surface area (Å²) in [4.78, 5) is 22.6. The smallest absolute Gasteiger partial charge is 0.314 e. The van der Waals surface area contributed by atoms with Gasteiger partial charge in [-0.1, -0.05) is 19.3 Å². The Morgan fingerprint density at radius 1 is 1.21 bits per heavy atom. The molecule has 0 spiro atoms. The highest BCUT2D eigenvalue weighted by molar-refractivity contribution is 7.98. The monoisotopic (exact) mass is 288 g/mol. The van der Waals surface area contributed by atoms with Crippen LogP contribution in [0.5, 0.6) is 0 Å². The molecule has 0 aliphatic heterocycles. The molecule has 0 radical (unpaired) electrons. The minimum atomic E-state index is -0.772. The zero-order chi connectivity index (χ0) is 14.1. The first kappa shape index (κ1) is 16.1. The molecular formula is C13H24N2O3S. The topological polar surface area (TPSA) is 78.4 Å². The summed E-state index contributed by atoms with van der Waals surface area (Å²) in [5.74, 6) is 0.111. The molecule has 0 saturated heterocycles.